The summed E-state index contributed by atoms with van der Waals surface area (Å²) in [5.41, 5.74) is 0. The molecule has 1 aromatic heterocycles. The van der Waals surface area contributed by atoms with E-state index in [-0.39, 0.29) is 12.0 Å². The van der Waals surface area contributed by atoms with E-state index in [0.29, 0.717) is 12.2 Å². The Morgan fingerprint density at radius 1 is 1.38 bits per heavy atom. The van der Waals surface area contributed by atoms with E-state index in [4.69, 9.17) is 5.11 Å². The smallest absolute Gasteiger partial charge is 0.326 e. The number of carboxylic acid groups (broad SMARTS) is 1. The zero-order valence-corrected chi connectivity index (χ0v) is 14.1. The largest absolute Gasteiger partial charge is 0.480 e. The molecule has 1 heterocycles. The lowest BCUT2D eigenvalue weighted by Gasteiger charge is -2.23. The first kappa shape index (κ1) is 17.8. The summed E-state index contributed by atoms with van der Waals surface area (Å²) in [5, 5.41) is 16.5. The van der Waals surface area contributed by atoms with Crippen molar-refractivity contribution in [2.24, 2.45) is 5.92 Å². The first-order chi connectivity index (χ1) is 9.95. The third kappa shape index (κ3) is 5.97. The molecule has 0 aromatic carbocycles. The van der Waals surface area contributed by atoms with Crippen molar-refractivity contribution < 1.29 is 14.7 Å². The van der Waals surface area contributed by atoms with Crippen molar-refractivity contribution in [1.29, 1.82) is 0 Å². The average Bonchev–Trinajstić information content (AvgIpc) is 2.93. The molecule has 1 aromatic rings. The highest BCUT2D eigenvalue weighted by atomic mass is 32.2. The summed E-state index contributed by atoms with van der Waals surface area (Å²) in [6.07, 6.45) is 2.32. The lowest BCUT2D eigenvalue weighted by Crippen LogP contribution is -2.47. The molecule has 0 saturated carbocycles. The number of rotatable bonds is 8. The van der Waals surface area contributed by atoms with Crippen LogP contribution >= 0.6 is 23.1 Å². The number of urea groups is 1. The maximum Gasteiger partial charge on any atom is 0.326 e. The quantitative estimate of drug-likeness (QED) is 0.685. The van der Waals surface area contributed by atoms with Gasteiger partial charge in [0.2, 0.25) is 0 Å². The SMILES string of the molecule is CSCC[C@H](NC(=O)NC(c1cccs1)C(C)C)C(=O)O. The average molecular weight is 330 g/mol. The molecule has 118 valence electrons. The van der Waals surface area contributed by atoms with Gasteiger partial charge in [-0.15, -0.1) is 11.3 Å². The van der Waals surface area contributed by atoms with Gasteiger partial charge in [0.15, 0.2) is 0 Å². The van der Waals surface area contributed by atoms with Gasteiger partial charge in [-0.2, -0.15) is 11.8 Å². The van der Waals surface area contributed by atoms with E-state index in [1.807, 2.05) is 37.6 Å². The Hall–Kier alpha value is -1.21. The Morgan fingerprint density at radius 3 is 2.57 bits per heavy atom. The summed E-state index contributed by atoms with van der Waals surface area (Å²) in [4.78, 5) is 24.2. The number of hydrogen-bond donors (Lipinski definition) is 3. The van der Waals surface area contributed by atoms with Crippen molar-refractivity contribution in [3.8, 4) is 0 Å². The van der Waals surface area contributed by atoms with Crippen LogP contribution in [0.5, 0.6) is 0 Å². The number of carbonyl (C=O) groups is 2. The van der Waals surface area contributed by atoms with Crippen molar-refractivity contribution >= 4 is 35.1 Å². The van der Waals surface area contributed by atoms with Crippen molar-refractivity contribution in [3.63, 3.8) is 0 Å². The molecule has 0 aliphatic heterocycles. The first-order valence-electron chi connectivity index (χ1n) is 6.77. The zero-order chi connectivity index (χ0) is 15.8. The molecule has 21 heavy (non-hydrogen) atoms. The predicted octanol–water partition coefficient (Wildman–Crippen LogP) is 2.95. The Balaban J connectivity index is 2.62. The Morgan fingerprint density at radius 2 is 2.10 bits per heavy atom. The van der Waals surface area contributed by atoms with Crippen LogP contribution in [0.2, 0.25) is 0 Å². The molecule has 0 aliphatic carbocycles. The summed E-state index contributed by atoms with van der Waals surface area (Å²) in [7, 11) is 0. The maximum atomic E-state index is 12.0. The predicted molar refractivity (Wildman–Crippen MR) is 88.0 cm³/mol. The lowest BCUT2D eigenvalue weighted by molar-refractivity contribution is -0.139. The standard InChI is InChI=1S/C14H22N2O3S2/c1-9(2)12(11-5-4-7-21-11)16-14(19)15-10(13(17)18)6-8-20-3/h4-5,7,9-10,12H,6,8H2,1-3H3,(H,17,18)(H2,15,16,19)/t10-,12?/m0/s1. The van der Waals surface area contributed by atoms with Crippen LogP contribution in [-0.4, -0.2) is 35.2 Å². The van der Waals surface area contributed by atoms with Gasteiger partial charge in [-0.3, -0.25) is 0 Å². The molecule has 0 fully saturated rings. The number of thioether (sulfide) groups is 1. The van der Waals surface area contributed by atoms with Crippen molar-refractivity contribution in [1.82, 2.24) is 10.6 Å². The molecule has 7 heteroatoms. The van der Waals surface area contributed by atoms with Gasteiger partial charge in [-0.05, 0) is 35.8 Å². The van der Waals surface area contributed by atoms with Gasteiger partial charge >= 0.3 is 12.0 Å². The minimum absolute atomic E-state index is 0.111. The number of nitrogens with one attached hydrogen (secondary N) is 2. The van der Waals surface area contributed by atoms with Crippen molar-refractivity contribution in [2.75, 3.05) is 12.0 Å². The highest BCUT2D eigenvalue weighted by Gasteiger charge is 2.23. The van der Waals surface area contributed by atoms with Gasteiger partial charge in [0.25, 0.3) is 0 Å². The van der Waals surface area contributed by atoms with Crippen LogP contribution in [0.4, 0.5) is 4.79 Å². The fourth-order valence-electron chi connectivity index (χ4n) is 1.87. The molecular weight excluding hydrogens is 308 g/mol. The molecule has 5 nitrogen and oxygen atoms in total. The van der Waals surface area contributed by atoms with Gasteiger partial charge in [-0.25, -0.2) is 9.59 Å². The number of carboxylic acids is 1. The van der Waals surface area contributed by atoms with Gasteiger partial charge in [0, 0.05) is 4.88 Å². The zero-order valence-electron chi connectivity index (χ0n) is 12.5. The van der Waals surface area contributed by atoms with E-state index in [1.54, 1.807) is 23.1 Å². The van der Waals surface area contributed by atoms with E-state index in [2.05, 4.69) is 10.6 Å². The summed E-state index contributed by atoms with van der Waals surface area (Å²) < 4.78 is 0. The molecule has 2 atom stereocenters. The number of aliphatic carboxylic acids is 1. The van der Waals surface area contributed by atoms with E-state index in [9.17, 15) is 9.59 Å². The van der Waals surface area contributed by atoms with Crippen LogP contribution in [0.25, 0.3) is 0 Å². The second-order valence-electron chi connectivity index (χ2n) is 5.03. The van der Waals surface area contributed by atoms with Crippen LogP contribution in [0.1, 0.15) is 31.2 Å². The van der Waals surface area contributed by atoms with Crippen LogP contribution in [-0.2, 0) is 4.79 Å². The Bertz CT molecular complexity index is 449. The normalized spacial score (nSPS) is 13.7. The number of thiophene rings is 1. The topological polar surface area (TPSA) is 78.4 Å². The van der Waals surface area contributed by atoms with Crippen molar-refractivity contribution in [3.05, 3.63) is 22.4 Å². The second kappa shape index (κ2) is 8.94. The summed E-state index contributed by atoms with van der Waals surface area (Å²) in [5.74, 6) is -0.0872. The van der Waals surface area contributed by atoms with Crippen molar-refractivity contribution in [2.45, 2.75) is 32.4 Å². The monoisotopic (exact) mass is 330 g/mol. The Labute approximate surface area is 133 Å². The third-order valence-electron chi connectivity index (χ3n) is 3.02. The van der Waals surface area contributed by atoms with Gasteiger partial charge in [0.05, 0.1) is 6.04 Å². The van der Waals surface area contributed by atoms with E-state index in [0.717, 1.165) is 4.88 Å². The molecule has 2 amide bonds. The molecule has 0 spiro atoms. The number of carbonyl (C=O) groups excluding carboxylic acids is 1. The Kier molecular flexibility index (Phi) is 7.60. The molecule has 0 radical (unpaired) electrons. The van der Waals surface area contributed by atoms with Gasteiger partial charge < -0.3 is 15.7 Å². The molecular formula is C14H22N2O3S2. The lowest BCUT2D eigenvalue weighted by atomic mass is 10.0. The molecule has 1 unspecified atom stereocenters. The molecule has 0 bridgehead atoms. The van der Waals surface area contributed by atoms with Crippen LogP contribution in [0.3, 0.4) is 0 Å². The highest BCUT2D eigenvalue weighted by molar-refractivity contribution is 7.98. The highest BCUT2D eigenvalue weighted by Crippen LogP contribution is 2.25. The summed E-state index contributed by atoms with van der Waals surface area (Å²) in [6, 6.07) is 2.51. The van der Waals surface area contributed by atoms with Crippen LogP contribution in [0, 0.1) is 5.92 Å². The van der Waals surface area contributed by atoms with E-state index < -0.39 is 18.0 Å². The minimum atomic E-state index is -1.00. The van der Waals surface area contributed by atoms with Gasteiger partial charge in [0.1, 0.15) is 6.04 Å². The maximum absolute atomic E-state index is 12.0. The van der Waals surface area contributed by atoms with E-state index >= 15 is 0 Å². The number of hydrogen-bond acceptors (Lipinski definition) is 4. The van der Waals surface area contributed by atoms with Crippen LogP contribution < -0.4 is 10.6 Å². The fraction of sp³-hybridized carbons (Fsp3) is 0.571. The summed E-state index contributed by atoms with van der Waals surface area (Å²) in [6.45, 7) is 4.04. The van der Waals surface area contributed by atoms with Gasteiger partial charge in [-0.1, -0.05) is 19.9 Å². The fourth-order valence-corrected chi connectivity index (χ4v) is 3.29. The number of amides is 2. The second-order valence-corrected chi connectivity index (χ2v) is 6.99. The minimum Gasteiger partial charge on any atom is -0.480 e. The van der Waals surface area contributed by atoms with Crippen LogP contribution in [0.15, 0.2) is 17.5 Å². The third-order valence-corrected chi connectivity index (χ3v) is 4.62. The first-order valence-corrected chi connectivity index (χ1v) is 9.05. The summed E-state index contributed by atoms with van der Waals surface area (Å²) >= 11 is 3.14. The molecule has 1 rings (SSSR count). The van der Waals surface area contributed by atoms with E-state index in [1.165, 1.54) is 0 Å². The molecule has 0 aliphatic rings. The molecule has 3 N–H and O–H groups in total. The molecule has 0 saturated heterocycles.